The van der Waals surface area contributed by atoms with Crippen LogP contribution in [-0.2, 0) is 4.79 Å². The van der Waals surface area contributed by atoms with Crippen LogP contribution in [0.3, 0.4) is 0 Å². The summed E-state index contributed by atoms with van der Waals surface area (Å²) in [6.45, 7) is 1.55. The molecule has 0 aliphatic carbocycles. The third kappa shape index (κ3) is 3.68. The van der Waals surface area contributed by atoms with Crippen LogP contribution in [0.4, 0.5) is 0 Å². The number of thioether (sulfide) groups is 1. The molecular weight excluding hydrogens is 170 g/mol. The van der Waals surface area contributed by atoms with E-state index in [-0.39, 0.29) is 0 Å². The molecule has 3 nitrogen and oxygen atoms in total. The van der Waals surface area contributed by atoms with Gasteiger partial charge in [-0.15, -0.1) is 11.8 Å². The van der Waals surface area contributed by atoms with E-state index < -0.39 is 12.0 Å². The topological polar surface area (TPSA) is 49.3 Å². The second-order valence-electron chi connectivity index (χ2n) is 1.70. The fourth-order valence-electron chi connectivity index (χ4n) is 0.297. The first-order chi connectivity index (χ1) is 4.57. The highest BCUT2D eigenvalue weighted by atomic mass is 32.2. The van der Waals surface area contributed by atoms with E-state index in [2.05, 4.69) is 5.32 Å². The summed E-state index contributed by atoms with van der Waals surface area (Å²) in [4.78, 5) is 10.2. The van der Waals surface area contributed by atoms with Crippen LogP contribution in [0.15, 0.2) is 0 Å². The minimum Gasteiger partial charge on any atom is -0.480 e. The number of hydrogen-bond acceptors (Lipinski definition) is 3. The number of hydrogen-bond donors (Lipinski definition) is 2. The molecule has 0 aromatic rings. The molecule has 0 rings (SSSR count). The van der Waals surface area contributed by atoms with Crippen molar-refractivity contribution in [1.29, 1.82) is 0 Å². The van der Waals surface area contributed by atoms with Crippen molar-refractivity contribution in [1.82, 2.24) is 5.32 Å². The predicted octanol–water partition coefficient (Wildman–Crippen LogP) is 0.697. The van der Waals surface area contributed by atoms with Gasteiger partial charge in [0.05, 0.1) is 0 Å². The zero-order chi connectivity index (χ0) is 8.15. The van der Waals surface area contributed by atoms with E-state index in [1.165, 1.54) is 11.8 Å². The molecule has 2 N–H and O–H groups in total. The molecule has 5 heteroatoms. The maximum Gasteiger partial charge on any atom is 0.325 e. The van der Waals surface area contributed by atoms with Gasteiger partial charge in [-0.05, 0) is 13.2 Å². The van der Waals surface area contributed by atoms with Crippen LogP contribution in [0, 0.1) is 0 Å². The second-order valence-corrected chi connectivity index (χ2v) is 3.18. The summed E-state index contributed by atoms with van der Waals surface area (Å²) >= 11 is 6.07. The van der Waals surface area contributed by atoms with Gasteiger partial charge in [0.1, 0.15) is 10.4 Å². The normalized spacial score (nSPS) is 12.2. The molecule has 0 bridgehead atoms. The molecule has 0 saturated heterocycles. The number of rotatable bonds is 2. The lowest BCUT2D eigenvalue weighted by molar-refractivity contribution is -0.138. The highest BCUT2D eigenvalue weighted by molar-refractivity contribution is 8.22. The molecule has 0 spiro atoms. The Labute approximate surface area is 69.2 Å². The highest BCUT2D eigenvalue weighted by Crippen LogP contribution is 1.95. The molecule has 1 atom stereocenters. The van der Waals surface area contributed by atoms with Crippen LogP contribution < -0.4 is 5.32 Å². The van der Waals surface area contributed by atoms with Crippen LogP contribution in [0.5, 0.6) is 0 Å². The van der Waals surface area contributed by atoms with Gasteiger partial charge in [-0.25, -0.2) is 0 Å². The maximum atomic E-state index is 10.2. The molecule has 0 radical (unpaired) electrons. The lowest BCUT2D eigenvalue weighted by atomic mass is 10.4. The van der Waals surface area contributed by atoms with E-state index in [1.54, 1.807) is 13.2 Å². The molecule has 0 saturated carbocycles. The quantitative estimate of drug-likeness (QED) is 0.611. The van der Waals surface area contributed by atoms with Crippen molar-refractivity contribution in [2.24, 2.45) is 0 Å². The van der Waals surface area contributed by atoms with Gasteiger partial charge in [-0.1, -0.05) is 12.2 Å². The fraction of sp³-hybridized carbons (Fsp3) is 0.600. The molecule has 58 valence electrons. The van der Waals surface area contributed by atoms with E-state index in [9.17, 15) is 4.79 Å². The molecule has 0 amide bonds. The summed E-state index contributed by atoms with van der Waals surface area (Å²) in [5, 5.41) is 11.0. The van der Waals surface area contributed by atoms with Gasteiger partial charge in [-0.3, -0.25) is 4.79 Å². The van der Waals surface area contributed by atoms with E-state index in [0.29, 0.717) is 4.32 Å². The third-order valence-electron chi connectivity index (χ3n) is 0.890. The Bertz CT molecular complexity index is 149. The minimum absolute atomic E-state index is 0.509. The summed E-state index contributed by atoms with van der Waals surface area (Å²) < 4.78 is 0.509. The summed E-state index contributed by atoms with van der Waals surface area (Å²) in [7, 11) is 0. The largest absolute Gasteiger partial charge is 0.480 e. The lowest BCUT2D eigenvalue weighted by Crippen LogP contribution is -2.35. The number of nitrogens with one attached hydrogen (secondary N) is 1. The van der Waals surface area contributed by atoms with Crippen molar-refractivity contribution < 1.29 is 9.90 Å². The van der Waals surface area contributed by atoms with Crippen LogP contribution in [0.25, 0.3) is 0 Å². The van der Waals surface area contributed by atoms with Gasteiger partial charge in [0.2, 0.25) is 0 Å². The van der Waals surface area contributed by atoms with Crippen LogP contribution >= 0.6 is 24.0 Å². The number of carbonyl (C=O) groups is 1. The lowest BCUT2D eigenvalue weighted by Gasteiger charge is -2.08. The van der Waals surface area contributed by atoms with Gasteiger partial charge in [0, 0.05) is 0 Å². The van der Waals surface area contributed by atoms with Gasteiger partial charge < -0.3 is 10.4 Å². The number of carboxylic acids is 1. The van der Waals surface area contributed by atoms with Crippen LogP contribution in [-0.4, -0.2) is 27.7 Å². The Morgan fingerprint density at radius 3 is 2.60 bits per heavy atom. The summed E-state index contributed by atoms with van der Waals surface area (Å²) in [6.07, 6.45) is 1.80. The molecule has 0 unspecified atom stereocenters. The predicted molar refractivity (Wildman–Crippen MR) is 46.3 cm³/mol. The Morgan fingerprint density at radius 1 is 1.80 bits per heavy atom. The van der Waals surface area contributed by atoms with E-state index in [1.807, 2.05) is 0 Å². The SMILES string of the molecule is CSC(=S)N[C@H](C)C(=O)O. The zero-order valence-electron chi connectivity index (χ0n) is 5.75. The van der Waals surface area contributed by atoms with Crippen LogP contribution in [0.2, 0.25) is 0 Å². The smallest absolute Gasteiger partial charge is 0.325 e. The van der Waals surface area contributed by atoms with Crippen molar-refractivity contribution in [3.63, 3.8) is 0 Å². The molecule has 0 aromatic carbocycles. The summed E-state index contributed by atoms with van der Waals surface area (Å²) in [6, 6.07) is -0.597. The van der Waals surface area contributed by atoms with Gasteiger partial charge in [0.15, 0.2) is 0 Å². The number of carboxylic acid groups (broad SMARTS) is 1. The maximum absolute atomic E-state index is 10.2. The summed E-state index contributed by atoms with van der Waals surface area (Å²) in [5.41, 5.74) is 0. The zero-order valence-corrected chi connectivity index (χ0v) is 7.38. The molecule has 10 heavy (non-hydrogen) atoms. The van der Waals surface area contributed by atoms with Gasteiger partial charge in [0.25, 0.3) is 0 Å². The fourth-order valence-corrected chi connectivity index (χ4v) is 0.769. The van der Waals surface area contributed by atoms with Crippen molar-refractivity contribution in [2.75, 3.05) is 6.26 Å². The van der Waals surface area contributed by atoms with Crippen molar-refractivity contribution in [3.05, 3.63) is 0 Å². The van der Waals surface area contributed by atoms with Crippen molar-refractivity contribution in [3.8, 4) is 0 Å². The first-order valence-corrected chi connectivity index (χ1v) is 4.28. The molecule has 0 fully saturated rings. The Hall–Kier alpha value is -0.290. The van der Waals surface area contributed by atoms with E-state index in [4.69, 9.17) is 17.3 Å². The van der Waals surface area contributed by atoms with E-state index >= 15 is 0 Å². The Kier molecular flexibility index (Phi) is 4.38. The highest BCUT2D eigenvalue weighted by Gasteiger charge is 2.09. The number of aliphatic carboxylic acids is 1. The molecule has 0 aliphatic heterocycles. The average molecular weight is 179 g/mol. The third-order valence-corrected chi connectivity index (χ3v) is 2.00. The van der Waals surface area contributed by atoms with Gasteiger partial charge in [-0.2, -0.15) is 0 Å². The Balaban J connectivity index is 3.68. The average Bonchev–Trinajstić information content (AvgIpc) is 1.87. The van der Waals surface area contributed by atoms with Crippen LogP contribution in [0.1, 0.15) is 6.92 Å². The van der Waals surface area contributed by atoms with Gasteiger partial charge >= 0.3 is 5.97 Å². The van der Waals surface area contributed by atoms with Crippen molar-refractivity contribution >= 4 is 34.3 Å². The second kappa shape index (κ2) is 4.51. The molecule has 0 aliphatic rings. The van der Waals surface area contributed by atoms with Crippen molar-refractivity contribution in [2.45, 2.75) is 13.0 Å². The molecule has 0 aromatic heterocycles. The monoisotopic (exact) mass is 179 g/mol. The Morgan fingerprint density at radius 2 is 2.30 bits per heavy atom. The standard InChI is InChI=1S/C5H9NO2S2/c1-3(4(7)8)6-5(9)10-2/h3H,1-2H3,(H,6,9)(H,7,8)/t3-/m1/s1. The molecular formula is C5H9NO2S2. The first-order valence-electron chi connectivity index (χ1n) is 2.65. The first kappa shape index (κ1) is 9.71. The van der Waals surface area contributed by atoms with E-state index in [0.717, 1.165) is 0 Å². The molecule has 0 heterocycles. The summed E-state index contributed by atoms with van der Waals surface area (Å²) in [5.74, 6) is -0.892. The minimum atomic E-state index is -0.892. The number of thiocarbonyl (C=S) groups is 1.